The molecular formula is C27H19ClFN3O2S. The van der Waals surface area contributed by atoms with Gasteiger partial charge in [0.1, 0.15) is 23.1 Å². The van der Waals surface area contributed by atoms with Crippen LogP contribution in [0.1, 0.15) is 39.9 Å². The van der Waals surface area contributed by atoms with Crippen molar-refractivity contribution in [1.82, 2.24) is 4.98 Å². The Hall–Kier alpha value is -3.55. The number of pyridine rings is 1. The number of aryl methyl sites for hydroxylation is 1. The molecule has 0 saturated heterocycles. The number of aliphatic imine (C=N–C) groups is 1. The minimum Gasteiger partial charge on any atom is -0.273 e. The van der Waals surface area contributed by atoms with E-state index in [9.17, 15) is 12.8 Å². The van der Waals surface area contributed by atoms with Gasteiger partial charge in [0.25, 0.3) is 10.0 Å². The van der Waals surface area contributed by atoms with Gasteiger partial charge in [-0.25, -0.2) is 17.8 Å². The average Bonchev–Trinajstić information content (AvgIpc) is 3.08. The molecule has 0 radical (unpaired) electrons. The van der Waals surface area contributed by atoms with Crippen molar-refractivity contribution in [1.29, 1.82) is 0 Å². The van der Waals surface area contributed by atoms with Crippen molar-refractivity contribution in [3.8, 4) is 0 Å². The van der Waals surface area contributed by atoms with Gasteiger partial charge < -0.3 is 0 Å². The highest BCUT2D eigenvalue weighted by Crippen LogP contribution is 2.52. The zero-order valence-corrected chi connectivity index (χ0v) is 20.1. The molecule has 0 saturated carbocycles. The smallest absolute Gasteiger partial charge is 0.265 e. The topological polar surface area (TPSA) is 62.6 Å². The quantitative estimate of drug-likeness (QED) is 0.321. The van der Waals surface area contributed by atoms with E-state index in [0.717, 1.165) is 11.1 Å². The first kappa shape index (κ1) is 21.9. The molecule has 2 aliphatic rings. The lowest BCUT2D eigenvalue weighted by molar-refractivity contribution is 0.588. The second-order valence-electron chi connectivity index (χ2n) is 8.61. The van der Waals surface area contributed by atoms with Crippen LogP contribution in [0.15, 0.2) is 94.9 Å². The number of anilines is 1. The van der Waals surface area contributed by atoms with Gasteiger partial charge in [0, 0.05) is 11.8 Å². The Morgan fingerprint density at radius 2 is 1.69 bits per heavy atom. The van der Waals surface area contributed by atoms with Gasteiger partial charge in [0.2, 0.25) is 0 Å². The number of hydrogen-bond donors (Lipinski definition) is 0. The molecule has 0 N–H and O–H groups in total. The zero-order valence-electron chi connectivity index (χ0n) is 18.6. The maximum atomic E-state index is 14.5. The molecule has 0 amide bonds. The van der Waals surface area contributed by atoms with Crippen molar-refractivity contribution in [2.75, 3.05) is 4.31 Å². The Labute approximate surface area is 207 Å². The molecule has 3 heterocycles. The number of aromatic nitrogens is 1. The Balaban J connectivity index is 1.72. The fourth-order valence-corrected chi connectivity index (χ4v) is 6.74. The lowest BCUT2D eigenvalue weighted by Gasteiger charge is -2.34. The van der Waals surface area contributed by atoms with Crippen LogP contribution in [0.5, 0.6) is 0 Å². The minimum absolute atomic E-state index is 0.130. The van der Waals surface area contributed by atoms with E-state index in [2.05, 4.69) is 4.98 Å². The second kappa shape index (κ2) is 8.00. The van der Waals surface area contributed by atoms with Crippen LogP contribution in [0, 0.1) is 12.7 Å². The van der Waals surface area contributed by atoms with Crippen LogP contribution in [0.3, 0.4) is 0 Å². The van der Waals surface area contributed by atoms with Gasteiger partial charge in [-0.15, -0.1) is 0 Å². The molecule has 1 aromatic heterocycles. The van der Waals surface area contributed by atoms with Gasteiger partial charge in [0.15, 0.2) is 0 Å². The molecule has 5 nitrogen and oxygen atoms in total. The van der Waals surface area contributed by atoms with Crippen LogP contribution in [0.25, 0.3) is 0 Å². The maximum Gasteiger partial charge on any atom is 0.265 e. The number of rotatable bonds is 3. The van der Waals surface area contributed by atoms with E-state index >= 15 is 0 Å². The standard InChI is InChI=1S/C27H19ClFN3O2S/c1-16-7-10-19(11-8-16)35(33,34)32-22-13-14-30-27(28)23(22)25-21-15-18(29)9-12-20(21)26(32)24(31-25)17-5-3-2-4-6-17/h2-15,25-26H,1H3/t25-,26-/m0/s1. The van der Waals surface area contributed by atoms with Gasteiger partial charge in [-0.3, -0.25) is 9.30 Å². The molecule has 2 bridgehead atoms. The summed E-state index contributed by atoms with van der Waals surface area (Å²) >= 11 is 6.59. The molecule has 2 atom stereocenters. The largest absolute Gasteiger partial charge is 0.273 e. The summed E-state index contributed by atoms with van der Waals surface area (Å²) in [4.78, 5) is 9.36. The van der Waals surface area contributed by atoms with Crippen molar-refractivity contribution in [3.63, 3.8) is 0 Å². The van der Waals surface area contributed by atoms with Gasteiger partial charge in [-0.1, -0.05) is 65.7 Å². The van der Waals surface area contributed by atoms with Gasteiger partial charge in [-0.05, 0) is 53.9 Å². The number of fused-ring (bicyclic) bond motifs is 2. The number of nitrogens with zero attached hydrogens (tertiary/aromatic N) is 3. The normalized spacial score (nSPS) is 18.5. The summed E-state index contributed by atoms with van der Waals surface area (Å²) < 4.78 is 44.4. The van der Waals surface area contributed by atoms with Crippen molar-refractivity contribution < 1.29 is 12.8 Å². The van der Waals surface area contributed by atoms with Crippen LogP contribution in [0.2, 0.25) is 5.15 Å². The van der Waals surface area contributed by atoms with Crippen LogP contribution in [-0.4, -0.2) is 19.1 Å². The molecule has 8 heteroatoms. The number of sulfonamides is 1. The highest BCUT2D eigenvalue weighted by Gasteiger charge is 2.47. The fraction of sp³-hybridized carbons (Fsp3) is 0.111. The van der Waals surface area contributed by atoms with E-state index in [1.807, 2.05) is 37.3 Å². The molecule has 174 valence electrons. The van der Waals surface area contributed by atoms with E-state index in [-0.39, 0.29) is 10.0 Å². The zero-order chi connectivity index (χ0) is 24.3. The highest BCUT2D eigenvalue weighted by molar-refractivity contribution is 7.92. The molecule has 0 unspecified atom stereocenters. The third-order valence-corrected chi connectivity index (χ3v) is 8.57. The first-order chi connectivity index (χ1) is 16.9. The summed E-state index contributed by atoms with van der Waals surface area (Å²) in [5.41, 5.74) is 4.34. The van der Waals surface area contributed by atoms with Crippen molar-refractivity contribution in [2.45, 2.75) is 23.9 Å². The van der Waals surface area contributed by atoms with Gasteiger partial charge >= 0.3 is 0 Å². The predicted molar refractivity (Wildman–Crippen MR) is 134 cm³/mol. The van der Waals surface area contributed by atoms with Crippen LogP contribution >= 0.6 is 11.6 Å². The van der Waals surface area contributed by atoms with Gasteiger partial charge in [0.05, 0.1) is 16.3 Å². The van der Waals surface area contributed by atoms with E-state index in [0.29, 0.717) is 28.1 Å². The molecule has 0 spiro atoms. The molecule has 35 heavy (non-hydrogen) atoms. The Morgan fingerprint density at radius 1 is 0.943 bits per heavy atom. The summed E-state index contributed by atoms with van der Waals surface area (Å²) in [6, 6.07) is 20.6. The predicted octanol–water partition coefficient (Wildman–Crippen LogP) is 6.02. The molecule has 6 rings (SSSR count). The molecule has 0 aliphatic carbocycles. The Kier molecular flexibility index (Phi) is 5.02. The first-order valence-electron chi connectivity index (χ1n) is 11.0. The third-order valence-electron chi connectivity index (χ3n) is 6.48. The van der Waals surface area contributed by atoms with Crippen LogP contribution in [0.4, 0.5) is 10.1 Å². The lowest BCUT2D eigenvalue weighted by atomic mass is 9.86. The summed E-state index contributed by atoms with van der Waals surface area (Å²) in [6.07, 6.45) is 1.48. The lowest BCUT2D eigenvalue weighted by Crippen LogP contribution is -2.40. The molecular weight excluding hydrogens is 485 g/mol. The molecule has 0 fully saturated rings. The van der Waals surface area contributed by atoms with Crippen LogP contribution < -0.4 is 4.31 Å². The molecule has 4 aromatic rings. The fourth-order valence-electron chi connectivity index (χ4n) is 4.87. The molecule has 3 aromatic carbocycles. The van der Waals surface area contributed by atoms with E-state index in [1.54, 1.807) is 36.4 Å². The highest BCUT2D eigenvalue weighted by atomic mass is 35.5. The Morgan fingerprint density at radius 3 is 2.43 bits per heavy atom. The number of halogens is 2. The summed E-state index contributed by atoms with van der Waals surface area (Å²) in [6.45, 7) is 1.90. The summed E-state index contributed by atoms with van der Waals surface area (Å²) in [7, 11) is -4.09. The SMILES string of the molecule is Cc1ccc(S(=O)(=O)N2c3ccnc(Cl)c3[C@H]3N=C(c4ccccc4)[C@@H]2c2ccc(F)cc23)cc1. The number of benzene rings is 3. The minimum atomic E-state index is -4.09. The molecule has 2 aliphatic heterocycles. The number of hydrogen-bond acceptors (Lipinski definition) is 4. The van der Waals surface area contributed by atoms with E-state index in [1.165, 1.54) is 22.6 Å². The third kappa shape index (κ3) is 3.38. The van der Waals surface area contributed by atoms with Crippen molar-refractivity contribution in [2.24, 2.45) is 4.99 Å². The monoisotopic (exact) mass is 503 g/mol. The first-order valence-corrected chi connectivity index (χ1v) is 12.9. The second-order valence-corrected chi connectivity index (χ2v) is 10.8. The maximum absolute atomic E-state index is 14.5. The van der Waals surface area contributed by atoms with E-state index in [4.69, 9.17) is 16.6 Å². The summed E-state index contributed by atoms with van der Waals surface area (Å²) in [5.74, 6) is -0.428. The van der Waals surface area contributed by atoms with E-state index < -0.39 is 27.9 Å². The van der Waals surface area contributed by atoms with Crippen molar-refractivity contribution >= 4 is 33.0 Å². The van der Waals surface area contributed by atoms with Crippen LogP contribution in [-0.2, 0) is 10.0 Å². The van der Waals surface area contributed by atoms with Crippen molar-refractivity contribution in [3.05, 3.63) is 124 Å². The average molecular weight is 504 g/mol. The summed E-state index contributed by atoms with van der Waals surface area (Å²) in [5, 5.41) is 0.130. The van der Waals surface area contributed by atoms with Gasteiger partial charge in [-0.2, -0.15) is 0 Å². The Bertz CT molecular complexity index is 1610.